The molecule has 3 aromatic rings. The Labute approximate surface area is 170 Å². The van der Waals surface area contributed by atoms with Crippen LogP contribution < -0.4 is 16.2 Å². The van der Waals surface area contributed by atoms with Crippen molar-refractivity contribution in [3.8, 4) is 5.75 Å². The van der Waals surface area contributed by atoms with Gasteiger partial charge in [-0.1, -0.05) is 6.92 Å². The van der Waals surface area contributed by atoms with E-state index in [2.05, 4.69) is 22.5 Å². The number of carbonyl (C=O) groups excluding carboxylic acids is 2. The van der Waals surface area contributed by atoms with Gasteiger partial charge in [0, 0.05) is 23.2 Å². The number of amides is 2. The summed E-state index contributed by atoms with van der Waals surface area (Å²) in [6.07, 6.45) is 2.75. The average Bonchev–Trinajstić information content (AvgIpc) is 3.00. The molecule has 1 atom stereocenters. The maximum absolute atomic E-state index is 12.7. The molecule has 1 aliphatic rings. The number of aromatic nitrogens is 1. The van der Waals surface area contributed by atoms with Crippen LogP contribution in [0.4, 0.5) is 11.4 Å². The van der Waals surface area contributed by atoms with Crippen LogP contribution in [0.5, 0.6) is 5.75 Å². The zero-order valence-corrected chi connectivity index (χ0v) is 16.9. The summed E-state index contributed by atoms with van der Waals surface area (Å²) in [5.41, 5.74) is 1.17. The van der Waals surface area contributed by atoms with Crippen molar-refractivity contribution >= 4 is 44.7 Å². The first-order chi connectivity index (χ1) is 13.8. The predicted octanol–water partition coefficient (Wildman–Crippen LogP) is 3.63. The molecule has 0 fully saturated rings. The summed E-state index contributed by atoms with van der Waals surface area (Å²) >= 11 is 1.48. The molecule has 7 nitrogen and oxygen atoms in total. The fourth-order valence-corrected chi connectivity index (χ4v) is 5.14. The fraction of sp³-hybridized carbons (Fsp3) is 0.286. The van der Waals surface area contributed by atoms with E-state index in [9.17, 15) is 19.5 Å². The van der Waals surface area contributed by atoms with Crippen LogP contribution in [0.2, 0.25) is 0 Å². The molecule has 0 aliphatic heterocycles. The van der Waals surface area contributed by atoms with Gasteiger partial charge in [-0.2, -0.15) is 0 Å². The normalized spacial score (nSPS) is 15.7. The van der Waals surface area contributed by atoms with Crippen molar-refractivity contribution in [2.45, 2.75) is 33.1 Å². The Kier molecular flexibility index (Phi) is 4.87. The highest BCUT2D eigenvalue weighted by Crippen LogP contribution is 2.41. The number of hydrogen-bond donors (Lipinski definition) is 4. The second kappa shape index (κ2) is 7.36. The monoisotopic (exact) mass is 411 g/mol. The van der Waals surface area contributed by atoms with Crippen molar-refractivity contribution in [2.75, 3.05) is 10.6 Å². The maximum Gasteiger partial charge on any atom is 0.265 e. The molecule has 2 aromatic heterocycles. The standard InChI is InChI=1S/C21H21N3O4S/c1-10-3-8-14-15(9-10)29-21-16(14)18(26)17(20(28)24-21)19(27)23-13-6-4-12(5-7-13)22-11(2)25/h4-7,10H,3,8-9H2,1-2H3,(H,22,25)(H,23,27)(H2,24,26,28). The average molecular weight is 411 g/mol. The Morgan fingerprint density at radius 1 is 1.17 bits per heavy atom. The van der Waals surface area contributed by atoms with Crippen molar-refractivity contribution in [3.63, 3.8) is 0 Å². The number of benzene rings is 1. The smallest absolute Gasteiger partial charge is 0.265 e. The van der Waals surface area contributed by atoms with Gasteiger partial charge in [0.15, 0.2) is 0 Å². The first-order valence-electron chi connectivity index (χ1n) is 9.42. The quantitative estimate of drug-likeness (QED) is 0.527. The van der Waals surface area contributed by atoms with E-state index < -0.39 is 11.5 Å². The number of aromatic amines is 1. The number of aromatic hydroxyl groups is 1. The van der Waals surface area contributed by atoms with E-state index in [1.165, 1.54) is 18.3 Å². The second-order valence-electron chi connectivity index (χ2n) is 7.45. The second-order valence-corrected chi connectivity index (χ2v) is 8.55. The molecule has 1 unspecified atom stereocenters. The van der Waals surface area contributed by atoms with E-state index in [-0.39, 0.29) is 17.2 Å². The molecule has 29 heavy (non-hydrogen) atoms. The summed E-state index contributed by atoms with van der Waals surface area (Å²) in [7, 11) is 0. The highest BCUT2D eigenvalue weighted by Gasteiger charge is 2.27. The molecule has 1 aromatic carbocycles. The number of hydrogen-bond acceptors (Lipinski definition) is 5. The molecule has 2 amide bonds. The van der Waals surface area contributed by atoms with Gasteiger partial charge in [0.1, 0.15) is 16.1 Å². The van der Waals surface area contributed by atoms with Crippen molar-refractivity contribution in [1.82, 2.24) is 4.98 Å². The maximum atomic E-state index is 12.7. The van der Waals surface area contributed by atoms with Gasteiger partial charge in [-0.15, -0.1) is 11.3 Å². The van der Waals surface area contributed by atoms with Crippen LogP contribution in [0.1, 0.15) is 41.1 Å². The molecular weight excluding hydrogens is 390 g/mol. The zero-order valence-electron chi connectivity index (χ0n) is 16.1. The van der Waals surface area contributed by atoms with Crippen molar-refractivity contribution in [2.24, 2.45) is 5.92 Å². The van der Waals surface area contributed by atoms with Crippen LogP contribution in [-0.2, 0) is 17.6 Å². The summed E-state index contributed by atoms with van der Waals surface area (Å²) in [6, 6.07) is 6.50. The molecule has 0 saturated heterocycles. The largest absolute Gasteiger partial charge is 0.506 e. The van der Waals surface area contributed by atoms with Crippen molar-refractivity contribution in [3.05, 3.63) is 50.6 Å². The van der Waals surface area contributed by atoms with E-state index in [4.69, 9.17) is 0 Å². The van der Waals surface area contributed by atoms with Crippen LogP contribution in [0.15, 0.2) is 29.1 Å². The molecule has 1 aliphatic carbocycles. The number of fused-ring (bicyclic) bond motifs is 3. The lowest BCUT2D eigenvalue weighted by atomic mass is 9.89. The van der Waals surface area contributed by atoms with Crippen molar-refractivity contribution in [1.29, 1.82) is 0 Å². The molecule has 0 saturated carbocycles. The number of rotatable bonds is 3. The Hall–Kier alpha value is -3.13. The fourth-order valence-electron chi connectivity index (χ4n) is 3.73. The Morgan fingerprint density at radius 3 is 2.48 bits per heavy atom. The molecule has 0 bridgehead atoms. The third kappa shape index (κ3) is 3.63. The summed E-state index contributed by atoms with van der Waals surface area (Å²) in [5.74, 6) is -0.571. The summed E-state index contributed by atoms with van der Waals surface area (Å²) in [6.45, 7) is 3.59. The summed E-state index contributed by atoms with van der Waals surface area (Å²) < 4.78 is 0. The summed E-state index contributed by atoms with van der Waals surface area (Å²) in [5, 5.41) is 16.7. The number of H-pyrrole nitrogens is 1. The molecule has 150 valence electrons. The van der Waals surface area contributed by atoms with Crippen LogP contribution in [0, 0.1) is 5.92 Å². The first kappa shape index (κ1) is 19.2. The number of thiophene rings is 1. The Balaban J connectivity index is 1.67. The lowest BCUT2D eigenvalue weighted by Gasteiger charge is -2.18. The van der Waals surface area contributed by atoms with Gasteiger partial charge >= 0.3 is 0 Å². The molecule has 2 heterocycles. The number of nitrogens with one attached hydrogen (secondary N) is 3. The Morgan fingerprint density at radius 2 is 1.83 bits per heavy atom. The SMILES string of the molecule is CC(=O)Nc1ccc(NC(=O)c2c(O)c3c4c(sc3[nH]c2=O)CC(C)CC4)cc1. The zero-order chi connectivity index (χ0) is 20.7. The van der Waals surface area contributed by atoms with E-state index >= 15 is 0 Å². The van der Waals surface area contributed by atoms with E-state index in [1.54, 1.807) is 24.3 Å². The van der Waals surface area contributed by atoms with Gasteiger partial charge < -0.3 is 20.7 Å². The molecule has 4 rings (SSSR count). The van der Waals surface area contributed by atoms with Crippen LogP contribution in [0.25, 0.3) is 10.2 Å². The van der Waals surface area contributed by atoms with Gasteiger partial charge in [0.25, 0.3) is 11.5 Å². The van der Waals surface area contributed by atoms with Gasteiger partial charge in [-0.3, -0.25) is 14.4 Å². The number of anilines is 2. The van der Waals surface area contributed by atoms with Gasteiger partial charge in [-0.05, 0) is 55.0 Å². The lowest BCUT2D eigenvalue weighted by Crippen LogP contribution is -2.23. The summed E-state index contributed by atoms with van der Waals surface area (Å²) in [4.78, 5) is 40.9. The van der Waals surface area contributed by atoms with Gasteiger partial charge in [0.05, 0.1) is 5.39 Å². The number of carbonyl (C=O) groups is 2. The van der Waals surface area contributed by atoms with Crippen molar-refractivity contribution < 1.29 is 14.7 Å². The molecule has 8 heteroatoms. The molecule has 0 radical (unpaired) electrons. The predicted molar refractivity (Wildman–Crippen MR) is 114 cm³/mol. The first-order valence-corrected chi connectivity index (χ1v) is 10.2. The van der Waals surface area contributed by atoms with Gasteiger partial charge in [0.2, 0.25) is 5.91 Å². The third-order valence-corrected chi connectivity index (χ3v) is 6.30. The minimum atomic E-state index is -0.679. The number of aryl methyl sites for hydroxylation is 1. The molecule has 4 N–H and O–H groups in total. The lowest BCUT2D eigenvalue weighted by molar-refractivity contribution is -0.114. The van der Waals surface area contributed by atoms with Crippen LogP contribution >= 0.6 is 11.3 Å². The molecule has 0 spiro atoms. The minimum absolute atomic E-state index is 0.194. The highest BCUT2D eigenvalue weighted by atomic mass is 32.1. The topological polar surface area (TPSA) is 111 Å². The van der Waals surface area contributed by atoms with Gasteiger partial charge in [-0.25, -0.2) is 0 Å². The number of pyridine rings is 1. The Bertz CT molecular complexity index is 1180. The molecular formula is C21H21N3O4S. The van der Waals surface area contributed by atoms with Crippen LogP contribution in [0.3, 0.4) is 0 Å². The van der Waals surface area contributed by atoms with Crippen LogP contribution in [-0.4, -0.2) is 21.9 Å². The third-order valence-electron chi connectivity index (χ3n) is 5.13. The van der Waals surface area contributed by atoms with E-state index in [1.807, 2.05) is 0 Å². The highest BCUT2D eigenvalue weighted by molar-refractivity contribution is 7.18. The van der Waals surface area contributed by atoms with E-state index in [0.29, 0.717) is 27.5 Å². The van der Waals surface area contributed by atoms with E-state index in [0.717, 1.165) is 29.7 Å². The minimum Gasteiger partial charge on any atom is -0.506 e.